The Morgan fingerprint density at radius 1 is 1.12 bits per heavy atom. The third kappa shape index (κ3) is 6.70. The number of amides is 2. The number of hydrogen-bond acceptors (Lipinski definition) is 6. The van der Waals surface area contributed by atoms with Crippen molar-refractivity contribution < 1.29 is 32.3 Å². The lowest BCUT2D eigenvalue weighted by atomic mass is 10.2. The average Bonchev–Trinajstić information content (AvgIpc) is 3.25. The second kappa shape index (κ2) is 11.0. The number of carbonyl (C=O) groups excluding carboxylic acids is 3. The van der Waals surface area contributed by atoms with Crippen LogP contribution in [0.1, 0.15) is 29.6 Å². The van der Waals surface area contributed by atoms with Gasteiger partial charge in [0.05, 0.1) is 18.2 Å². The molecule has 8 nitrogen and oxygen atoms in total. The minimum atomic E-state index is -0.792. The normalized spacial score (nSPS) is 10.5. The Morgan fingerprint density at radius 2 is 1.94 bits per heavy atom. The van der Waals surface area contributed by atoms with Crippen molar-refractivity contribution in [1.29, 1.82) is 0 Å². The molecule has 2 aromatic carbocycles. The molecule has 2 amide bonds. The smallest absolute Gasteiger partial charge is 0.306 e. The summed E-state index contributed by atoms with van der Waals surface area (Å²) in [5.74, 6) is -2.73. The summed E-state index contributed by atoms with van der Waals surface area (Å²) in [7, 11) is 0. The van der Waals surface area contributed by atoms with Crippen molar-refractivity contribution in [3.05, 3.63) is 71.8 Å². The van der Waals surface area contributed by atoms with Gasteiger partial charge >= 0.3 is 5.97 Å². The summed E-state index contributed by atoms with van der Waals surface area (Å²) in [6.07, 6.45) is 1.23. The molecule has 1 aromatic heterocycles. The Morgan fingerprint density at radius 3 is 2.70 bits per heavy atom. The summed E-state index contributed by atoms with van der Waals surface area (Å²) in [6, 6.07) is 9.40. The summed E-state index contributed by atoms with van der Waals surface area (Å²) in [5, 5.41) is 5.21. The fourth-order valence-corrected chi connectivity index (χ4v) is 2.86. The number of hydrogen-bond donors (Lipinski definition) is 2. The molecule has 0 atom stereocenters. The number of benzene rings is 2. The maximum Gasteiger partial charge on any atom is 0.306 e. The van der Waals surface area contributed by atoms with E-state index in [2.05, 4.69) is 15.6 Å². The summed E-state index contributed by atoms with van der Waals surface area (Å²) >= 11 is 0. The Labute approximate surface area is 188 Å². The molecule has 1 heterocycles. The molecule has 0 saturated heterocycles. The van der Waals surface area contributed by atoms with Crippen LogP contribution in [0.4, 0.5) is 14.5 Å². The van der Waals surface area contributed by atoms with Crippen molar-refractivity contribution in [2.45, 2.75) is 19.8 Å². The highest BCUT2D eigenvalue weighted by Gasteiger charge is 2.14. The standard InChI is InChI=1S/C23H21F2N3O5/c1-2-26-23(31)14-4-3-5-16(10-14)28-20(29)13-32-22(30)9-8-21-27-12-19(33-21)17-7-6-15(24)11-18(17)25/h3-7,10-12H,2,8-9,13H2,1H3,(H,26,31)(H,28,29). The predicted molar refractivity (Wildman–Crippen MR) is 114 cm³/mol. The Kier molecular flexibility index (Phi) is 7.85. The monoisotopic (exact) mass is 457 g/mol. The van der Waals surface area contributed by atoms with Crippen molar-refractivity contribution in [1.82, 2.24) is 10.3 Å². The molecule has 172 valence electrons. The zero-order valence-electron chi connectivity index (χ0n) is 17.7. The van der Waals surface area contributed by atoms with E-state index in [0.717, 1.165) is 12.1 Å². The number of nitrogens with one attached hydrogen (secondary N) is 2. The molecule has 3 aromatic rings. The van der Waals surface area contributed by atoms with Gasteiger partial charge in [-0.1, -0.05) is 6.07 Å². The van der Waals surface area contributed by atoms with Crippen LogP contribution in [0.15, 0.2) is 53.1 Å². The minimum absolute atomic E-state index is 0.0469. The van der Waals surface area contributed by atoms with Gasteiger partial charge in [0.1, 0.15) is 11.6 Å². The lowest BCUT2D eigenvalue weighted by molar-refractivity contribution is -0.147. The molecule has 0 bridgehead atoms. The number of aryl methyl sites for hydroxylation is 1. The number of rotatable bonds is 9. The second-order valence-corrected chi connectivity index (χ2v) is 6.89. The number of anilines is 1. The number of nitrogens with zero attached hydrogens (tertiary/aromatic N) is 1. The number of oxazole rings is 1. The third-order valence-corrected chi connectivity index (χ3v) is 4.40. The molecule has 3 rings (SSSR count). The highest BCUT2D eigenvalue weighted by Crippen LogP contribution is 2.24. The maximum atomic E-state index is 13.8. The number of ether oxygens (including phenoxy) is 1. The van der Waals surface area contributed by atoms with E-state index in [9.17, 15) is 23.2 Å². The summed E-state index contributed by atoms with van der Waals surface area (Å²) < 4.78 is 37.2. The van der Waals surface area contributed by atoms with Crippen molar-refractivity contribution >= 4 is 23.5 Å². The third-order valence-electron chi connectivity index (χ3n) is 4.40. The molecule has 2 N–H and O–H groups in total. The van der Waals surface area contributed by atoms with E-state index in [4.69, 9.17) is 9.15 Å². The van der Waals surface area contributed by atoms with Gasteiger partial charge in [0.25, 0.3) is 11.8 Å². The van der Waals surface area contributed by atoms with Crippen LogP contribution >= 0.6 is 0 Å². The van der Waals surface area contributed by atoms with E-state index in [-0.39, 0.29) is 36.0 Å². The predicted octanol–water partition coefficient (Wildman–Crippen LogP) is 3.48. The first kappa shape index (κ1) is 23.6. The Balaban J connectivity index is 1.45. The molecule has 0 fully saturated rings. The molecule has 0 saturated carbocycles. The van der Waals surface area contributed by atoms with Crippen LogP contribution in [-0.4, -0.2) is 35.9 Å². The molecule has 33 heavy (non-hydrogen) atoms. The number of halogens is 2. The van der Waals surface area contributed by atoms with Crippen molar-refractivity contribution in [3.63, 3.8) is 0 Å². The molecular formula is C23H21F2N3O5. The first-order valence-corrected chi connectivity index (χ1v) is 10.1. The summed E-state index contributed by atoms with van der Waals surface area (Å²) in [6.45, 7) is 1.76. The minimum Gasteiger partial charge on any atom is -0.456 e. The van der Waals surface area contributed by atoms with Gasteiger partial charge in [-0.3, -0.25) is 14.4 Å². The van der Waals surface area contributed by atoms with Gasteiger partial charge < -0.3 is 19.8 Å². The molecule has 0 aliphatic rings. The fraction of sp³-hybridized carbons (Fsp3) is 0.217. The van der Waals surface area contributed by atoms with Gasteiger partial charge in [-0.15, -0.1) is 0 Å². The zero-order valence-corrected chi connectivity index (χ0v) is 17.7. The summed E-state index contributed by atoms with van der Waals surface area (Å²) in [5.41, 5.74) is 0.822. The van der Waals surface area contributed by atoms with E-state index in [1.54, 1.807) is 25.1 Å². The van der Waals surface area contributed by atoms with E-state index >= 15 is 0 Å². The van der Waals surface area contributed by atoms with E-state index in [1.165, 1.54) is 18.3 Å². The van der Waals surface area contributed by atoms with E-state index < -0.39 is 30.1 Å². The highest BCUT2D eigenvalue weighted by molar-refractivity contribution is 5.97. The topological polar surface area (TPSA) is 111 Å². The van der Waals surface area contributed by atoms with Crippen LogP contribution in [0.25, 0.3) is 11.3 Å². The van der Waals surface area contributed by atoms with Crippen LogP contribution in [-0.2, 0) is 20.7 Å². The summed E-state index contributed by atoms with van der Waals surface area (Å²) in [4.78, 5) is 39.8. The molecule has 0 aliphatic heterocycles. The molecule has 0 unspecified atom stereocenters. The molecule has 0 spiro atoms. The number of esters is 1. The molecular weight excluding hydrogens is 436 g/mol. The van der Waals surface area contributed by atoms with Gasteiger partial charge in [-0.25, -0.2) is 13.8 Å². The van der Waals surface area contributed by atoms with E-state index in [0.29, 0.717) is 17.8 Å². The largest absolute Gasteiger partial charge is 0.456 e. The van der Waals surface area contributed by atoms with Gasteiger partial charge in [0.2, 0.25) is 0 Å². The first-order valence-electron chi connectivity index (χ1n) is 10.1. The van der Waals surface area contributed by atoms with E-state index in [1.807, 2.05) is 0 Å². The van der Waals surface area contributed by atoms with Crippen LogP contribution < -0.4 is 10.6 Å². The van der Waals surface area contributed by atoms with Gasteiger partial charge in [-0.2, -0.15) is 0 Å². The van der Waals surface area contributed by atoms with Crippen molar-refractivity contribution in [2.24, 2.45) is 0 Å². The lowest BCUT2D eigenvalue weighted by Gasteiger charge is -2.08. The van der Waals surface area contributed by atoms with Crippen molar-refractivity contribution in [3.8, 4) is 11.3 Å². The van der Waals surface area contributed by atoms with Gasteiger partial charge in [0, 0.05) is 30.3 Å². The van der Waals surface area contributed by atoms with Crippen LogP contribution in [0.2, 0.25) is 0 Å². The average molecular weight is 457 g/mol. The fourth-order valence-electron chi connectivity index (χ4n) is 2.86. The lowest BCUT2D eigenvalue weighted by Crippen LogP contribution is -2.23. The number of aromatic nitrogens is 1. The highest BCUT2D eigenvalue weighted by atomic mass is 19.1. The Bertz CT molecular complexity index is 1160. The Hall–Kier alpha value is -4.08. The molecule has 0 radical (unpaired) electrons. The van der Waals surface area contributed by atoms with Gasteiger partial charge in [0.15, 0.2) is 18.3 Å². The van der Waals surface area contributed by atoms with Crippen LogP contribution in [0.5, 0.6) is 0 Å². The molecule has 0 aliphatic carbocycles. The zero-order chi connectivity index (χ0) is 23.8. The number of carbonyl (C=O) groups is 3. The second-order valence-electron chi connectivity index (χ2n) is 6.89. The SMILES string of the molecule is CCNC(=O)c1cccc(NC(=O)COC(=O)CCc2ncc(-c3ccc(F)cc3F)o2)c1. The van der Waals surface area contributed by atoms with Crippen LogP contribution in [0, 0.1) is 11.6 Å². The molecule has 10 heteroatoms. The maximum absolute atomic E-state index is 13.8. The van der Waals surface area contributed by atoms with Crippen molar-refractivity contribution in [2.75, 3.05) is 18.5 Å². The van der Waals surface area contributed by atoms with Crippen LogP contribution in [0.3, 0.4) is 0 Å². The quantitative estimate of drug-likeness (QED) is 0.476. The van der Waals surface area contributed by atoms with Gasteiger partial charge in [-0.05, 0) is 37.3 Å². The first-order chi connectivity index (χ1) is 15.9.